The number of sulfonamides is 1. The van der Waals surface area contributed by atoms with Crippen LogP contribution >= 0.6 is 0 Å². The molecule has 0 radical (unpaired) electrons. The van der Waals surface area contributed by atoms with Crippen molar-refractivity contribution in [1.82, 2.24) is 10.1 Å². The minimum absolute atomic E-state index is 0.438. The number of benzene rings is 1. The summed E-state index contributed by atoms with van der Waals surface area (Å²) in [6, 6.07) is 7.22. The van der Waals surface area contributed by atoms with E-state index in [1.54, 1.807) is 31.5 Å². The number of hydrogen-bond donors (Lipinski definition) is 1. The van der Waals surface area contributed by atoms with Crippen LogP contribution in [-0.4, -0.2) is 18.6 Å². The fraction of sp³-hybridized carbons (Fsp3) is 0.0667. The maximum absolute atomic E-state index is 14.1. The molecule has 3 aromatic rings. The summed E-state index contributed by atoms with van der Waals surface area (Å²) in [5, 5.41) is 8.95. The molecule has 0 aliphatic carbocycles. The zero-order valence-corrected chi connectivity index (χ0v) is 12.8. The summed E-state index contributed by atoms with van der Waals surface area (Å²) in [5.41, 5.74) is 2.21. The molecule has 0 spiro atoms. The molecule has 23 heavy (non-hydrogen) atoms. The van der Waals surface area contributed by atoms with Crippen LogP contribution in [0.1, 0.15) is 5.76 Å². The van der Waals surface area contributed by atoms with Crippen LogP contribution in [0.25, 0.3) is 22.4 Å². The van der Waals surface area contributed by atoms with E-state index in [9.17, 15) is 12.8 Å². The van der Waals surface area contributed by atoms with Crippen molar-refractivity contribution >= 4 is 10.0 Å². The van der Waals surface area contributed by atoms with Gasteiger partial charge < -0.3 is 4.52 Å². The highest BCUT2D eigenvalue weighted by Crippen LogP contribution is 2.34. The molecule has 0 atom stereocenters. The van der Waals surface area contributed by atoms with Gasteiger partial charge in [-0.25, -0.2) is 17.9 Å². The van der Waals surface area contributed by atoms with Crippen molar-refractivity contribution in [3.05, 3.63) is 54.3 Å². The molecule has 2 N–H and O–H groups in total. The number of nitrogens with two attached hydrogens (primary N) is 1. The summed E-state index contributed by atoms with van der Waals surface area (Å²) in [5.74, 6) is -0.450. The summed E-state index contributed by atoms with van der Waals surface area (Å²) in [6.07, 6.45) is 3.23. The molecular formula is C15H12FN3O3S. The molecule has 0 amide bonds. The van der Waals surface area contributed by atoms with E-state index in [1.807, 2.05) is 0 Å². The van der Waals surface area contributed by atoms with Gasteiger partial charge in [-0.15, -0.1) is 0 Å². The van der Waals surface area contributed by atoms with Crippen LogP contribution in [0.5, 0.6) is 0 Å². The summed E-state index contributed by atoms with van der Waals surface area (Å²) < 4.78 is 41.9. The molecule has 0 saturated carbocycles. The Morgan fingerprint density at radius 1 is 1.22 bits per heavy atom. The molecule has 2 aromatic heterocycles. The molecule has 6 nitrogen and oxygen atoms in total. The van der Waals surface area contributed by atoms with Crippen LogP contribution in [0.15, 0.2) is 52.1 Å². The second-order valence-electron chi connectivity index (χ2n) is 4.89. The van der Waals surface area contributed by atoms with Gasteiger partial charge in [0.25, 0.3) is 0 Å². The van der Waals surface area contributed by atoms with Gasteiger partial charge in [0.1, 0.15) is 22.2 Å². The Kier molecular flexibility index (Phi) is 3.70. The number of nitrogens with zero attached hydrogens (tertiary/aromatic N) is 2. The minimum Gasteiger partial charge on any atom is -0.360 e. The lowest BCUT2D eigenvalue weighted by molar-refractivity contribution is 0.400. The van der Waals surface area contributed by atoms with Crippen LogP contribution in [0.2, 0.25) is 0 Å². The quantitative estimate of drug-likeness (QED) is 0.794. The van der Waals surface area contributed by atoms with Crippen molar-refractivity contribution in [3.63, 3.8) is 0 Å². The van der Waals surface area contributed by atoms with Crippen LogP contribution in [0.4, 0.5) is 4.39 Å². The lowest BCUT2D eigenvalue weighted by Gasteiger charge is -2.06. The van der Waals surface area contributed by atoms with Gasteiger partial charge in [0.15, 0.2) is 0 Å². The number of pyridine rings is 1. The average Bonchev–Trinajstić information content (AvgIpc) is 2.88. The van der Waals surface area contributed by atoms with E-state index in [2.05, 4.69) is 10.1 Å². The van der Waals surface area contributed by atoms with Crippen molar-refractivity contribution in [2.45, 2.75) is 11.8 Å². The Balaban J connectivity index is 2.17. The Morgan fingerprint density at radius 3 is 2.61 bits per heavy atom. The number of primary sulfonamides is 1. The monoisotopic (exact) mass is 333 g/mol. The largest absolute Gasteiger partial charge is 0.360 e. The highest BCUT2D eigenvalue weighted by Gasteiger charge is 2.20. The standard InChI is InChI=1S/C15H12FN3O3S/c1-9-14(15(19-22-9)11-3-2-6-18-8-11)10-4-5-13(12(16)7-10)23(17,20)21/h2-8H,1H3,(H2,17,20,21). The van der Waals surface area contributed by atoms with Crippen LogP contribution in [-0.2, 0) is 10.0 Å². The summed E-state index contributed by atoms with van der Waals surface area (Å²) in [7, 11) is -4.12. The third-order valence-corrected chi connectivity index (χ3v) is 4.27. The molecule has 0 aliphatic heterocycles. The van der Waals surface area contributed by atoms with Crippen molar-refractivity contribution in [3.8, 4) is 22.4 Å². The van der Waals surface area contributed by atoms with E-state index < -0.39 is 20.7 Å². The van der Waals surface area contributed by atoms with Crippen molar-refractivity contribution in [1.29, 1.82) is 0 Å². The van der Waals surface area contributed by atoms with Gasteiger partial charge in [-0.2, -0.15) is 0 Å². The Hall–Kier alpha value is -2.58. The molecule has 3 rings (SSSR count). The van der Waals surface area contributed by atoms with Crippen molar-refractivity contribution in [2.24, 2.45) is 5.14 Å². The lowest BCUT2D eigenvalue weighted by Crippen LogP contribution is -2.13. The second-order valence-corrected chi connectivity index (χ2v) is 6.42. The van der Waals surface area contributed by atoms with E-state index in [0.717, 1.165) is 12.1 Å². The predicted molar refractivity (Wildman–Crippen MR) is 81.2 cm³/mol. The van der Waals surface area contributed by atoms with Gasteiger partial charge >= 0.3 is 0 Å². The molecule has 0 unspecified atom stereocenters. The first kappa shape index (κ1) is 15.3. The van der Waals surface area contributed by atoms with Crippen molar-refractivity contribution < 1.29 is 17.3 Å². The van der Waals surface area contributed by atoms with E-state index in [0.29, 0.717) is 28.1 Å². The van der Waals surface area contributed by atoms with Crippen LogP contribution in [0.3, 0.4) is 0 Å². The molecule has 0 bridgehead atoms. The lowest BCUT2D eigenvalue weighted by atomic mass is 10.0. The number of aromatic nitrogens is 2. The molecule has 1 aromatic carbocycles. The summed E-state index contributed by atoms with van der Waals surface area (Å²) in [6.45, 7) is 1.69. The van der Waals surface area contributed by atoms with Gasteiger partial charge in [0, 0.05) is 18.0 Å². The fourth-order valence-corrected chi connectivity index (χ4v) is 2.89. The third-order valence-electron chi connectivity index (χ3n) is 3.32. The highest BCUT2D eigenvalue weighted by molar-refractivity contribution is 7.89. The first-order valence-corrected chi connectivity index (χ1v) is 8.12. The summed E-state index contributed by atoms with van der Waals surface area (Å²) in [4.78, 5) is 3.46. The van der Waals surface area contributed by atoms with Gasteiger partial charge in [-0.3, -0.25) is 4.98 Å². The SMILES string of the molecule is Cc1onc(-c2cccnc2)c1-c1ccc(S(N)(=O)=O)c(F)c1. The maximum atomic E-state index is 14.1. The van der Waals surface area contributed by atoms with Crippen LogP contribution < -0.4 is 5.14 Å². The molecule has 2 heterocycles. The topological polar surface area (TPSA) is 99.1 Å². The van der Waals surface area contributed by atoms with E-state index in [1.165, 1.54) is 6.07 Å². The Bertz CT molecular complexity index is 969. The van der Waals surface area contributed by atoms with Gasteiger partial charge in [-0.1, -0.05) is 11.2 Å². The van der Waals surface area contributed by atoms with Gasteiger partial charge in [0.05, 0.1) is 5.56 Å². The second kappa shape index (κ2) is 5.56. The Morgan fingerprint density at radius 2 is 2.00 bits per heavy atom. The minimum atomic E-state index is -4.12. The Labute approximate surface area is 131 Å². The normalized spacial score (nSPS) is 11.6. The van der Waals surface area contributed by atoms with Crippen molar-refractivity contribution in [2.75, 3.05) is 0 Å². The van der Waals surface area contributed by atoms with Gasteiger partial charge in [-0.05, 0) is 36.8 Å². The maximum Gasteiger partial charge on any atom is 0.240 e. The number of hydrogen-bond acceptors (Lipinski definition) is 5. The molecule has 118 valence electrons. The molecule has 0 fully saturated rings. The molecular weight excluding hydrogens is 321 g/mol. The molecule has 0 aliphatic rings. The van der Waals surface area contributed by atoms with E-state index in [-0.39, 0.29) is 0 Å². The van der Waals surface area contributed by atoms with E-state index >= 15 is 0 Å². The summed E-state index contributed by atoms with van der Waals surface area (Å²) >= 11 is 0. The van der Waals surface area contributed by atoms with Crippen LogP contribution in [0, 0.1) is 12.7 Å². The molecule has 0 saturated heterocycles. The first-order valence-electron chi connectivity index (χ1n) is 6.57. The number of aryl methyl sites for hydroxylation is 1. The number of halogens is 1. The zero-order valence-electron chi connectivity index (χ0n) is 12.0. The third kappa shape index (κ3) is 2.86. The highest BCUT2D eigenvalue weighted by atomic mass is 32.2. The van der Waals surface area contributed by atoms with E-state index in [4.69, 9.17) is 9.66 Å². The zero-order chi connectivity index (χ0) is 16.6. The predicted octanol–water partition coefficient (Wildman–Crippen LogP) is 2.50. The fourth-order valence-electron chi connectivity index (χ4n) is 2.30. The number of rotatable bonds is 3. The van der Waals surface area contributed by atoms with Gasteiger partial charge in [0.2, 0.25) is 10.0 Å². The smallest absolute Gasteiger partial charge is 0.240 e. The molecule has 8 heteroatoms. The first-order chi connectivity index (χ1) is 10.9. The average molecular weight is 333 g/mol.